The number of aromatic nitrogens is 2. The van der Waals surface area contributed by atoms with Gasteiger partial charge in [-0.05, 0) is 24.1 Å². The van der Waals surface area contributed by atoms with Crippen molar-refractivity contribution < 1.29 is 14.5 Å². The molecule has 4 rings (SSSR count). The summed E-state index contributed by atoms with van der Waals surface area (Å²) >= 11 is 1.23. The van der Waals surface area contributed by atoms with Crippen LogP contribution in [0.1, 0.15) is 20.8 Å². The molecular weight excluding hydrogens is 404 g/mol. The molecule has 2 aromatic heterocycles. The van der Waals surface area contributed by atoms with Crippen LogP contribution < -0.4 is 5.32 Å². The second-order valence-electron chi connectivity index (χ2n) is 6.45. The van der Waals surface area contributed by atoms with E-state index in [1.165, 1.54) is 29.8 Å². The van der Waals surface area contributed by atoms with Crippen molar-refractivity contribution >= 4 is 44.7 Å². The van der Waals surface area contributed by atoms with Gasteiger partial charge >= 0.3 is 5.97 Å². The molecule has 0 unspecified atom stereocenters. The molecule has 0 saturated carbocycles. The largest absolute Gasteiger partial charge is 0.457 e. The van der Waals surface area contributed by atoms with Gasteiger partial charge in [-0.3, -0.25) is 10.1 Å². The number of thiophene rings is 1. The van der Waals surface area contributed by atoms with Crippen molar-refractivity contribution in [3.8, 4) is 0 Å². The predicted molar refractivity (Wildman–Crippen MR) is 114 cm³/mol. The number of hydrogen-bond donors (Lipinski definition) is 1. The molecule has 30 heavy (non-hydrogen) atoms. The van der Waals surface area contributed by atoms with Gasteiger partial charge in [0.1, 0.15) is 28.5 Å². The van der Waals surface area contributed by atoms with E-state index in [-0.39, 0.29) is 12.3 Å². The van der Waals surface area contributed by atoms with E-state index in [0.717, 1.165) is 5.56 Å². The van der Waals surface area contributed by atoms with Crippen LogP contribution >= 0.6 is 11.3 Å². The number of non-ortho nitro benzene ring substituents is 1. The number of aryl methyl sites for hydroxylation is 1. The fourth-order valence-corrected chi connectivity index (χ4v) is 4.03. The highest BCUT2D eigenvalue weighted by molar-refractivity contribution is 7.20. The highest BCUT2D eigenvalue weighted by Crippen LogP contribution is 2.35. The van der Waals surface area contributed by atoms with Crippen molar-refractivity contribution in [2.75, 3.05) is 5.32 Å². The van der Waals surface area contributed by atoms with Crippen LogP contribution in [0.25, 0.3) is 10.2 Å². The zero-order valence-corrected chi connectivity index (χ0v) is 16.7. The third kappa shape index (κ3) is 3.96. The number of rotatable bonds is 6. The van der Waals surface area contributed by atoms with Gasteiger partial charge in [0.2, 0.25) is 0 Å². The first-order valence-electron chi connectivity index (χ1n) is 8.99. The highest BCUT2D eigenvalue weighted by Gasteiger charge is 2.21. The smallest absolute Gasteiger partial charge is 0.349 e. The fourth-order valence-electron chi connectivity index (χ4n) is 2.98. The van der Waals surface area contributed by atoms with Crippen LogP contribution in [0.4, 0.5) is 17.2 Å². The van der Waals surface area contributed by atoms with Crippen LogP contribution in [0.15, 0.2) is 60.9 Å². The number of carbonyl (C=O) groups excluding carboxylic acids is 1. The van der Waals surface area contributed by atoms with Gasteiger partial charge in [-0.15, -0.1) is 11.3 Å². The van der Waals surface area contributed by atoms with Gasteiger partial charge in [-0.2, -0.15) is 0 Å². The summed E-state index contributed by atoms with van der Waals surface area (Å²) in [5.41, 5.74) is 2.08. The second kappa shape index (κ2) is 8.26. The number of nitrogens with zero attached hydrogens (tertiary/aromatic N) is 3. The molecule has 0 aliphatic rings. The average molecular weight is 420 g/mol. The summed E-state index contributed by atoms with van der Waals surface area (Å²) in [6.07, 6.45) is 1.39. The Labute approximate surface area is 175 Å². The minimum atomic E-state index is -0.461. The molecular formula is C21H16N4O4S. The lowest BCUT2D eigenvalue weighted by Crippen LogP contribution is -2.04. The van der Waals surface area contributed by atoms with Gasteiger partial charge < -0.3 is 10.1 Å². The topological polar surface area (TPSA) is 107 Å². The van der Waals surface area contributed by atoms with E-state index in [2.05, 4.69) is 15.3 Å². The first-order chi connectivity index (χ1) is 14.5. The maximum atomic E-state index is 12.6. The van der Waals surface area contributed by atoms with E-state index >= 15 is 0 Å². The molecule has 0 bridgehead atoms. The number of ether oxygens (including phenoxy) is 1. The molecule has 2 heterocycles. The van der Waals surface area contributed by atoms with Crippen molar-refractivity contribution in [3.63, 3.8) is 0 Å². The fraction of sp³-hybridized carbons (Fsp3) is 0.0952. The molecule has 0 aliphatic carbocycles. The molecule has 0 saturated heterocycles. The molecule has 2 aromatic carbocycles. The predicted octanol–water partition coefficient (Wildman–Crippen LogP) is 5.01. The van der Waals surface area contributed by atoms with Crippen molar-refractivity contribution in [2.24, 2.45) is 0 Å². The molecule has 0 aliphatic heterocycles. The van der Waals surface area contributed by atoms with Crippen LogP contribution in [0.2, 0.25) is 0 Å². The maximum Gasteiger partial charge on any atom is 0.349 e. The number of esters is 1. The lowest BCUT2D eigenvalue weighted by atomic mass is 10.2. The Hall–Kier alpha value is -3.85. The Morgan fingerprint density at radius 2 is 1.97 bits per heavy atom. The van der Waals surface area contributed by atoms with Crippen molar-refractivity contribution in [1.82, 2.24) is 9.97 Å². The molecule has 0 fully saturated rings. The minimum absolute atomic E-state index is 0.0301. The third-order valence-corrected chi connectivity index (χ3v) is 5.62. The molecule has 8 nitrogen and oxygen atoms in total. The average Bonchev–Trinajstić information content (AvgIpc) is 3.10. The Bertz CT molecular complexity index is 1240. The van der Waals surface area contributed by atoms with Gasteiger partial charge in [0.25, 0.3) is 5.69 Å². The normalized spacial score (nSPS) is 10.7. The summed E-state index contributed by atoms with van der Waals surface area (Å²) in [5, 5.41) is 14.8. The van der Waals surface area contributed by atoms with E-state index in [1.54, 1.807) is 19.1 Å². The third-order valence-electron chi connectivity index (χ3n) is 4.44. The van der Waals surface area contributed by atoms with E-state index < -0.39 is 10.9 Å². The summed E-state index contributed by atoms with van der Waals surface area (Å²) in [6.45, 7) is 1.98. The minimum Gasteiger partial charge on any atom is -0.457 e. The molecule has 1 N–H and O–H groups in total. The van der Waals surface area contributed by atoms with Crippen LogP contribution in [0.5, 0.6) is 0 Å². The van der Waals surface area contributed by atoms with Crippen LogP contribution in [0.3, 0.4) is 0 Å². The number of fused-ring (bicyclic) bond motifs is 1. The summed E-state index contributed by atoms with van der Waals surface area (Å²) in [4.78, 5) is 32.8. The lowest BCUT2D eigenvalue weighted by molar-refractivity contribution is -0.384. The van der Waals surface area contributed by atoms with Crippen molar-refractivity contribution in [1.29, 1.82) is 0 Å². The van der Waals surface area contributed by atoms with Gasteiger partial charge in [0, 0.05) is 17.8 Å². The van der Waals surface area contributed by atoms with E-state index in [1.807, 2.05) is 30.3 Å². The van der Waals surface area contributed by atoms with Crippen LogP contribution in [-0.2, 0) is 11.3 Å². The Balaban J connectivity index is 1.62. The van der Waals surface area contributed by atoms with Crippen LogP contribution in [-0.4, -0.2) is 20.9 Å². The summed E-state index contributed by atoms with van der Waals surface area (Å²) < 4.78 is 5.45. The summed E-state index contributed by atoms with van der Waals surface area (Å²) in [7, 11) is 0. The maximum absolute atomic E-state index is 12.6. The molecule has 0 amide bonds. The lowest BCUT2D eigenvalue weighted by Gasteiger charge is -2.07. The molecule has 150 valence electrons. The molecule has 0 radical (unpaired) electrons. The first-order valence-corrected chi connectivity index (χ1v) is 9.81. The Morgan fingerprint density at radius 1 is 1.17 bits per heavy atom. The van der Waals surface area contributed by atoms with Gasteiger partial charge in [-0.1, -0.05) is 36.4 Å². The number of hydrogen-bond acceptors (Lipinski definition) is 8. The summed E-state index contributed by atoms with van der Waals surface area (Å²) in [5.74, 6) is 0.0389. The van der Waals surface area contributed by atoms with Crippen molar-refractivity contribution in [3.05, 3.63) is 87.0 Å². The molecule has 0 atom stereocenters. The molecule has 4 aromatic rings. The Morgan fingerprint density at radius 3 is 2.73 bits per heavy atom. The number of nitro benzene ring substituents is 1. The zero-order chi connectivity index (χ0) is 21.1. The molecule has 9 heteroatoms. The van der Waals surface area contributed by atoms with Crippen molar-refractivity contribution in [2.45, 2.75) is 13.5 Å². The molecule has 0 spiro atoms. The summed E-state index contributed by atoms with van der Waals surface area (Å²) in [6, 6.07) is 15.6. The monoisotopic (exact) mass is 420 g/mol. The number of nitro groups is 1. The first kappa shape index (κ1) is 19.5. The number of carbonyl (C=O) groups is 1. The zero-order valence-electron chi connectivity index (χ0n) is 15.9. The second-order valence-corrected chi connectivity index (χ2v) is 7.45. The highest BCUT2D eigenvalue weighted by atomic mass is 32.1. The SMILES string of the molecule is Cc1c(C(=O)OCc2ccccc2)sc2ncnc(Nc3cccc([N+](=O)[O-])c3)c12. The quantitative estimate of drug-likeness (QED) is 0.265. The van der Waals surface area contributed by atoms with E-state index in [0.29, 0.717) is 32.2 Å². The number of benzene rings is 2. The van der Waals surface area contributed by atoms with Gasteiger partial charge in [0.05, 0.1) is 10.3 Å². The van der Waals surface area contributed by atoms with Crippen LogP contribution in [0, 0.1) is 17.0 Å². The van der Waals surface area contributed by atoms with Gasteiger partial charge in [-0.25, -0.2) is 14.8 Å². The standard InChI is InChI=1S/C21H16N4O4S/c1-13-17-19(24-15-8-5-9-16(10-15)25(27)28)22-12-23-20(17)30-18(13)21(26)29-11-14-6-3-2-4-7-14/h2-10,12H,11H2,1H3,(H,22,23,24). The van der Waals surface area contributed by atoms with Gasteiger partial charge in [0.15, 0.2) is 0 Å². The number of nitrogens with one attached hydrogen (secondary N) is 1. The van der Waals surface area contributed by atoms with E-state index in [4.69, 9.17) is 4.74 Å². The Kier molecular flexibility index (Phi) is 5.36. The van der Waals surface area contributed by atoms with E-state index in [9.17, 15) is 14.9 Å². The number of anilines is 2.